The second-order valence-electron chi connectivity index (χ2n) is 5.13. The molecule has 0 bridgehead atoms. The number of nitrogens with zero attached hydrogens (tertiary/aromatic N) is 2. The fourth-order valence-electron chi connectivity index (χ4n) is 1.99. The standard InChI is InChI=1S/C17H18ClN3O3/c1-11-4-3-5-15(20-11)10-24-21-12(2)13-6-7-16(18)14(8-13)9-23-17(19)22/h3-8H,9-10H2,1-2H3,(H2,19,22)/b21-12+. The fraction of sp³-hybridized carbons (Fsp3) is 0.235. The smallest absolute Gasteiger partial charge is 0.404 e. The van der Waals surface area contributed by atoms with E-state index in [0.29, 0.717) is 16.3 Å². The van der Waals surface area contributed by atoms with Gasteiger partial charge in [0.05, 0.1) is 11.4 Å². The number of aryl methyl sites for hydroxylation is 1. The van der Waals surface area contributed by atoms with Crippen molar-refractivity contribution in [3.8, 4) is 0 Å². The van der Waals surface area contributed by atoms with Gasteiger partial charge in [-0.15, -0.1) is 0 Å². The number of carbonyl (C=O) groups excluding carboxylic acids is 1. The Bertz CT molecular complexity index is 762. The fourth-order valence-corrected chi connectivity index (χ4v) is 2.16. The molecule has 0 saturated heterocycles. The number of hydrogen-bond donors (Lipinski definition) is 1. The van der Waals surface area contributed by atoms with Crippen molar-refractivity contribution in [3.05, 3.63) is 63.9 Å². The van der Waals surface area contributed by atoms with Crippen molar-refractivity contribution < 1.29 is 14.4 Å². The first-order valence-electron chi connectivity index (χ1n) is 7.26. The van der Waals surface area contributed by atoms with Gasteiger partial charge in [0.25, 0.3) is 0 Å². The minimum Gasteiger partial charge on any atom is -0.445 e. The Labute approximate surface area is 145 Å². The van der Waals surface area contributed by atoms with Crippen LogP contribution in [0.5, 0.6) is 0 Å². The van der Waals surface area contributed by atoms with Crippen LogP contribution in [0.15, 0.2) is 41.6 Å². The molecule has 0 unspecified atom stereocenters. The van der Waals surface area contributed by atoms with Crippen molar-refractivity contribution in [2.45, 2.75) is 27.1 Å². The summed E-state index contributed by atoms with van der Waals surface area (Å²) >= 11 is 6.07. The molecule has 0 aliphatic carbocycles. The zero-order chi connectivity index (χ0) is 17.5. The number of benzene rings is 1. The molecule has 0 fully saturated rings. The van der Waals surface area contributed by atoms with Gasteiger partial charge in [0.1, 0.15) is 6.61 Å². The Kier molecular flexibility index (Phi) is 6.14. The lowest BCUT2D eigenvalue weighted by Gasteiger charge is -2.08. The number of pyridine rings is 1. The van der Waals surface area contributed by atoms with Gasteiger partial charge in [-0.25, -0.2) is 4.79 Å². The summed E-state index contributed by atoms with van der Waals surface area (Å²) in [7, 11) is 0. The molecule has 6 nitrogen and oxygen atoms in total. The molecule has 2 N–H and O–H groups in total. The Morgan fingerprint density at radius 2 is 2.08 bits per heavy atom. The highest BCUT2D eigenvalue weighted by Crippen LogP contribution is 2.19. The largest absolute Gasteiger partial charge is 0.445 e. The van der Waals surface area contributed by atoms with E-state index in [1.165, 1.54) is 0 Å². The lowest BCUT2D eigenvalue weighted by atomic mass is 10.1. The molecule has 7 heteroatoms. The predicted molar refractivity (Wildman–Crippen MR) is 91.8 cm³/mol. The Balaban J connectivity index is 2.04. The van der Waals surface area contributed by atoms with Crippen molar-refractivity contribution in [3.63, 3.8) is 0 Å². The van der Waals surface area contributed by atoms with E-state index >= 15 is 0 Å². The molecule has 0 spiro atoms. The maximum atomic E-state index is 10.7. The van der Waals surface area contributed by atoms with Crippen LogP contribution >= 0.6 is 11.6 Å². The van der Waals surface area contributed by atoms with Crippen LogP contribution in [-0.4, -0.2) is 16.8 Å². The molecule has 1 amide bonds. The summed E-state index contributed by atoms with van der Waals surface area (Å²) in [5.74, 6) is 0. The third kappa shape index (κ3) is 5.24. The second kappa shape index (κ2) is 8.31. The molecule has 0 saturated carbocycles. The maximum absolute atomic E-state index is 10.7. The third-order valence-corrected chi connectivity index (χ3v) is 3.56. The monoisotopic (exact) mass is 347 g/mol. The van der Waals surface area contributed by atoms with Crippen LogP contribution in [0.3, 0.4) is 0 Å². The number of oxime groups is 1. The molecule has 0 atom stereocenters. The van der Waals surface area contributed by atoms with Crippen molar-refractivity contribution in [1.82, 2.24) is 4.98 Å². The average Bonchev–Trinajstić information content (AvgIpc) is 2.54. The van der Waals surface area contributed by atoms with Gasteiger partial charge in [-0.3, -0.25) is 4.98 Å². The number of primary amides is 1. The highest BCUT2D eigenvalue weighted by Gasteiger charge is 2.07. The van der Waals surface area contributed by atoms with Gasteiger partial charge in [0.15, 0.2) is 6.61 Å². The summed E-state index contributed by atoms with van der Waals surface area (Å²) in [6, 6.07) is 11.0. The van der Waals surface area contributed by atoms with E-state index < -0.39 is 6.09 Å². The van der Waals surface area contributed by atoms with E-state index in [9.17, 15) is 4.79 Å². The number of amides is 1. The SMILES string of the molecule is C/C(=N\OCc1cccc(C)n1)c1ccc(Cl)c(COC(N)=O)c1. The van der Waals surface area contributed by atoms with Crippen molar-refractivity contribution in [2.75, 3.05) is 0 Å². The molecule has 2 rings (SSSR count). The van der Waals surface area contributed by atoms with Crippen molar-refractivity contribution >= 4 is 23.4 Å². The number of carbonyl (C=O) groups is 1. The maximum Gasteiger partial charge on any atom is 0.404 e. The third-order valence-electron chi connectivity index (χ3n) is 3.19. The normalized spacial score (nSPS) is 11.2. The van der Waals surface area contributed by atoms with Crippen LogP contribution in [0.4, 0.5) is 4.79 Å². The topological polar surface area (TPSA) is 86.8 Å². The van der Waals surface area contributed by atoms with Crippen LogP contribution in [0, 0.1) is 6.92 Å². The first kappa shape index (κ1) is 17.7. The molecule has 0 radical (unpaired) electrons. The van der Waals surface area contributed by atoms with E-state index in [2.05, 4.69) is 10.1 Å². The average molecular weight is 348 g/mol. The second-order valence-corrected chi connectivity index (χ2v) is 5.54. The van der Waals surface area contributed by atoms with Crippen LogP contribution in [-0.2, 0) is 22.8 Å². The van der Waals surface area contributed by atoms with Gasteiger partial charge in [0, 0.05) is 16.3 Å². The molecule has 1 aromatic heterocycles. The molecule has 126 valence electrons. The summed E-state index contributed by atoms with van der Waals surface area (Å²) in [5.41, 5.74) is 8.81. The minimum absolute atomic E-state index is 0.00333. The highest BCUT2D eigenvalue weighted by molar-refractivity contribution is 6.31. The van der Waals surface area contributed by atoms with E-state index in [0.717, 1.165) is 17.0 Å². The number of aromatic nitrogens is 1. The Hall–Kier alpha value is -2.60. The van der Waals surface area contributed by atoms with Crippen molar-refractivity contribution in [2.24, 2.45) is 10.9 Å². The molecule has 1 heterocycles. The number of nitrogens with two attached hydrogens (primary N) is 1. The predicted octanol–water partition coefficient (Wildman–Crippen LogP) is 3.58. The Morgan fingerprint density at radius 3 is 2.79 bits per heavy atom. The molecule has 24 heavy (non-hydrogen) atoms. The van der Waals surface area contributed by atoms with Crippen LogP contribution in [0.2, 0.25) is 5.02 Å². The number of ether oxygens (including phenoxy) is 1. The van der Waals surface area contributed by atoms with Crippen molar-refractivity contribution in [1.29, 1.82) is 0 Å². The van der Waals surface area contributed by atoms with Crippen LogP contribution in [0.1, 0.15) is 29.4 Å². The van der Waals surface area contributed by atoms with Crippen LogP contribution < -0.4 is 5.73 Å². The first-order valence-corrected chi connectivity index (χ1v) is 7.63. The van der Waals surface area contributed by atoms with Gasteiger partial charge < -0.3 is 15.3 Å². The molecule has 0 aliphatic rings. The van der Waals surface area contributed by atoms with Gasteiger partial charge in [-0.2, -0.15) is 0 Å². The van der Waals surface area contributed by atoms with E-state index in [-0.39, 0.29) is 13.2 Å². The zero-order valence-corrected chi connectivity index (χ0v) is 14.2. The summed E-state index contributed by atoms with van der Waals surface area (Å²) < 4.78 is 4.77. The minimum atomic E-state index is -0.851. The summed E-state index contributed by atoms with van der Waals surface area (Å²) in [4.78, 5) is 20.4. The summed E-state index contributed by atoms with van der Waals surface area (Å²) in [6.07, 6.45) is -0.851. The van der Waals surface area contributed by atoms with Gasteiger partial charge >= 0.3 is 6.09 Å². The lowest BCUT2D eigenvalue weighted by Crippen LogP contribution is -2.13. The molecule has 2 aromatic rings. The first-order chi connectivity index (χ1) is 11.5. The zero-order valence-electron chi connectivity index (χ0n) is 13.5. The van der Waals surface area contributed by atoms with Gasteiger partial charge in [-0.05, 0) is 43.7 Å². The van der Waals surface area contributed by atoms with E-state index in [4.69, 9.17) is 26.9 Å². The molecule has 0 aliphatic heterocycles. The Morgan fingerprint density at radius 1 is 1.29 bits per heavy atom. The molecular weight excluding hydrogens is 330 g/mol. The number of rotatable bonds is 6. The van der Waals surface area contributed by atoms with Gasteiger partial charge in [0.2, 0.25) is 0 Å². The van der Waals surface area contributed by atoms with E-state index in [1.807, 2.05) is 38.1 Å². The summed E-state index contributed by atoms with van der Waals surface area (Å²) in [6.45, 7) is 4.01. The van der Waals surface area contributed by atoms with Crippen LogP contribution in [0.25, 0.3) is 0 Å². The van der Waals surface area contributed by atoms with Gasteiger partial charge in [-0.1, -0.05) is 28.9 Å². The molecule has 1 aromatic carbocycles. The lowest BCUT2D eigenvalue weighted by molar-refractivity contribution is 0.127. The quantitative estimate of drug-likeness (QED) is 0.639. The highest BCUT2D eigenvalue weighted by atomic mass is 35.5. The number of halogens is 1. The summed E-state index contributed by atoms with van der Waals surface area (Å²) in [5, 5.41) is 4.57. The number of hydrogen-bond acceptors (Lipinski definition) is 5. The molecular formula is C17H18ClN3O3. The van der Waals surface area contributed by atoms with E-state index in [1.54, 1.807) is 12.1 Å².